The summed E-state index contributed by atoms with van der Waals surface area (Å²) in [5, 5.41) is 2.69. The minimum absolute atomic E-state index is 0.0702. The minimum atomic E-state index is -0.952. The predicted octanol–water partition coefficient (Wildman–Crippen LogP) is 3.01. The van der Waals surface area contributed by atoms with Crippen molar-refractivity contribution in [1.82, 2.24) is 14.5 Å². The number of ether oxygens (including phenoxy) is 2. The van der Waals surface area contributed by atoms with Crippen LogP contribution in [0, 0.1) is 11.6 Å². The van der Waals surface area contributed by atoms with Gasteiger partial charge in [-0.3, -0.25) is 14.6 Å². The van der Waals surface area contributed by atoms with E-state index in [2.05, 4.69) is 15.3 Å². The van der Waals surface area contributed by atoms with Crippen LogP contribution in [0.1, 0.15) is 36.1 Å². The SMILES string of the molecule is CC1CCC(C(=O)Nc2ccnc(C(N)=O)c2)O1.Cn1ccnc1CCOc1cccc(F)c1F. The molecule has 4 rings (SSSR count). The third-order valence-corrected chi connectivity index (χ3v) is 5.22. The quantitative estimate of drug-likeness (QED) is 0.529. The van der Waals surface area contributed by atoms with Gasteiger partial charge in [0.05, 0.1) is 12.7 Å². The molecule has 3 N–H and O–H groups in total. The van der Waals surface area contributed by atoms with Gasteiger partial charge in [0, 0.05) is 37.7 Å². The number of hydrogen-bond donors (Lipinski definition) is 2. The van der Waals surface area contributed by atoms with Gasteiger partial charge in [0.1, 0.15) is 17.6 Å². The van der Waals surface area contributed by atoms with Gasteiger partial charge in [0.15, 0.2) is 11.6 Å². The summed E-state index contributed by atoms with van der Waals surface area (Å²) >= 11 is 0. The van der Waals surface area contributed by atoms with Crippen LogP contribution in [-0.4, -0.2) is 45.2 Å². The van der Waals surface area contributed by atoms with Crippen LogP contribution in [0.5, 0.6) is 5.75 Å². The molecule has 1 aliphatic rings. The second-order valence-electron chi connectivity index (χ2n) is 7.90. The van der Waals surface area contributed by atoms with Crippen LogP contribution in [0.15, 0.2) is 48.9 Å². The Labute approximate surface area is 201 Å². The molecule has 2 atom stereocenters. The summed E-state index contributed by atoms with van der Waals surface area (Å²) in [4.78, 5) is 30.7. The summed E-state index contributed by atoms with van der Waals surface area (Å²) in [5.74, 6) is -1.93. The topological polar surface area (TPSA) is 121 Å². The Morgan fingerprint density at radius 1 is 1.23 bits per heavy atom. The molecule has 3 aromatic rings. The number of amides is 2. The van der Waals surface area contributed by atoms with Crippen molar-refractivity contribution in [3.05, 3.63) is 72.1 Å². The van der Waals surface area contributed by atoms with Crippen molar-refractivity contribution >= 4 is 17.5 Å². The van der Waals surface area contributed by atoms with Gasteiger partial charge >= 0.3 is 0 Å². The molecule has 1 aromatic carbocycles. The van der Waals surface area contributed by atoms with Gasteiger partial charge in [-0.2, -0.15) is 4.39 Å². The first-order chi connectivity index (χ1) is 16.7. The molecular weight excluding hydrogens is 460 g/mol. The van der Waals surface area contributed by atoms with E-state index in [0.717, 1.165) is 18.3 Å². The normalized spacial score (nSPS) is 16.8. The van der Waals surface area contributed by atoms with E-state index in [9.17, 15) is 18.4 Å². The molecule has 9 nitrogen and oxygen atoms in total. The van der Waals surface area contributed by atoms with E-state index in [0.29, 0.717) is 18.5 Å². The molecule has 0 spiro atoms. The number of rotatable bonds is 7. The minimum Gasteiger partial charge on any atom is -0.490 e. The van der Waals surface area contributed by atoms with Crippen molar-refractivity contribution in [2.45, 2.75) is 38.4 Å². The van der Waals surface area contributed by atoms with Crippen LogP contribution in [-0.2, 0) is 23.0 Å². The van der Waals surface area contributed by atoms with Crippen LogP contribution in [0.3, 0.4) is 0 Å². The highest BCUT2D eigenvalue weighted by Gasteiger charge is 2.28. The van der Waals surface area contributed by atoms with Crippen molar-refractivity contribution in [3.63, 3.8) is 0 Å². The van der Waals surface area contributed by atoms with Crippen LogP contribution >= 0.6 is 0 Å². The number of nitrogens with two attached hydrogens (primary N) is 1. The van der Waals surface area contributed by atoms with E-state index < -0.39 is 23.6 Å². The fourth-order valence-corrected chi connectivity index (χ4v) is 3.35. The fourth-order valence-electron chi connectivity index (χ4n) is 3.35. The monoisotopic (exact) mass is 487 g/mol. The summed E-state index contributed by atoms with van der Waals surface area (Å²) in [7, 11) is 1.87. The number of carbonyl (C=O) groups is 2. The van der Waals surface area contributed by atoms with Crippen LogP contribution in [0.2, 0.25) is 0 Å². The summed E-state index contributed by atoms with van der Waals surface area (Å²) < 4.78 is 38.6. The van der Waals surface area contributed by atoms with Crippen molar-refractivity contribution in [2.75, 3.05) is 11.9 Å². The number of carbonyl (C=O) groups excluding carboxylic acids is 2. The molecule has 0 bridgehead atoms. The Balaban J connectivity index is 0.000000196. The summed E-state index contributed by atoms with van der Waals surface area (Å²) in [5.41, 5.74) is 5.73. The van der Waals surface area contributed by atoms with Gasteiger partial charge in [0.2, 0.25) is 5.82 Å². The van der Waals surface area contributed by atoms with Crippen LogP contribution in [0.25, 0.3) is 0 Å². The van der Waals surface area contributed by atoms with E-state index in [1.54, 1.807) is 12.3 Å². The third kappa shape index (κ3) is 7.31. The fraction of sp³-hybridized carbons (Fsp3) is 0.333. The molecule has 1 saturated heterocycles. The van der Waals surface area contributed by atoms with Gasteiger partial charge in [-0.25, -0.2) is 9.37 Å². The number of halogens is 2. The Kier molecular flexibility index (Phi) is 8.85. The third-order valence-electron chi connectivity index (χ3n) is 5.22. The lowest BCUT2D eigenvalue weighted by molar-refractivity contribution is -0.126. The average Bonchev–Trinajstić information content (AvgIpc) is 3.45. The molecule has 186 valence electrons. The van der Waals surface area contributed by atoms with Crippen molar-refractivity contribution in [3.8, 4) is 5.75 Å². The molecule has 35 heavy (non-hydrogen) atoms. The number of benzene rings is 1. The van der Waals surface area contributed by atoms with E-state index in [4.69, 9.17) is 15.2 Å². The smallest absolute Gasteiger partial charge is 0.267 e. The Bertz CT molecular complexity index is 1170. The summed E-state index contributed by atoms with van der Waals surface area (Å²) in [6.45, 7) is 2.19. The maximum Gasteiger partial charge on any atom is 0.267 e. The number of primary amides is 1. The zero-order valence-electron chi connectivity index (χ0n) is 19.4. The van der Waals surface area contributed by atoms with Gasteiger partial charge in [-0.05, 0) is 44.0 Å². The lowest BCUT2D eigenvalue weighted by Crippen LogP contribution is -2.28. The number of nitrogens with zero attached hydrogens (tertiary/aromatic N) is 3. The Hall–Kier alpha value is -3.86. The van der Waals surface area contributed by atoms with Crippen LogP contribution in [0.4, 0.5) is 14.5 Å². The molecule has 0 radical (unpaired) electrons. The predicted molar refractivity (Wildman–Crippen MR) is 124 cm³/mol. The number of anilines is 1. The molecule has 2 amide bonds. The van der Waals surface area contributed by atoms with Gasteiger partial charge in [0.25, 0.3) is 11.8 Å². The Morgan fingerprint density at radius 3 is 2.69 bits per heavy atom. The molecule has 11 heteroatoms. The largest absolute Gasteiger partial charge is 0.490 e. The molecule has 3 heterocycles. The number of imidazole rings is 1. The van der Waals surface area contributed by atoms with E-state index >= 15 is 0 Å². The molecule has 2 aromatic heterocycles. The second-order valence-corrected chi connectivity index (χ2v) is 7.90. The molecular formula is C24H27F2N5O4. The molecule has 1 fully saturated rings. The van der Waals surface area contributed by atoms with Crippen LogP contribution < -0.4 is 15.8 Å². The second kappa shape index (κ2) is 12.0. The van der Waals surface area contributed by atoms with Crippen molar-refractivity contribution in [1.29, 1.82) is 0 Å². The Morgan fingerprint density at radius 2 is 2.03 bits per heavy atom. The molecule has 1 aliphatic heterocycles. The zero-order chi connectivity index (χ0) is 25.4. The highest BCUT2D eigenvalue weighted by atomic mass is 19.2. The number of aromatic nitrogens is 3. The van der Waals surface area contributed by atoms with Crippen molar-refractivity contribution < 1.29 is 27.8 Å². The lowest BCUT2D eigenvalue weighted by Gasteiger charge is -2.11. The van der Waals surface area contributed by atoms with E-state index in [1.807, 2.05) is 24.7 Å². The first-order valence-corrected chi connectivity index (χ1v) is 11.0. The first kappa shape index (κ1) is 25.8. The maximum atomic E-state index is 13.2. The number of pyridine rings is 1. The lowest BCUT2D eigenvalue weighted by atomic mass is 10.2. The maximum absolute atomic E-state index is 13.2. The summed E-state index contributed by atoms with van der Waals surface area (Å²) in [6.07, 6.45) is 6.73. The van der Waals surface area contributed by atoms with Gasteiger partial charge in [-0.15, -0.1) is 0 Å². The molecule has 2 unspecified atom stereocenters. The highest BCUT2D eigenvalue weighted by Crippen LogP contribution is 2.21. The van der Waals surface area contributed by atoms with E-state index in [-0.39, 0.29) is 30.1 Å². The van der Waals surface area contributed by atoms with Gasteiger partial charge < -0.3 is 25.1 Å². The highest BCUT2D eigenvalue weighted by molar-refractivity contribution is 5.96. The molecule has 0 aliphatic carbocycles. The number of hydrogen-bond acceptors (Lipinski definition) is 6. The van der Waals surface area contributed by atoms with Crippen molar-refractivity contribution in [2.24, 2.45) is 12.8 Å². The first-order valence-electron chi connectivity index (χ1n) is 11.0. The standard InChI is InChI=1S/C12H12F2N2O.C12H15N3O3/c1-16-7-6-15-11(16)5-8-17-10-4-2-3-9(13)12(10)14;1-7-2-3-10(18-7)12(17)15-8-4-5-14-9(6-8)11(13)16/h2-4,6-7H,5,8H2,1H3;4-7,10H,2-3H2,1H3,(H2,13,16)(H,14,15,17). The van der Waals surface area contributed by atoms with Gasteiger partial charge in [-0.1, -0.05) is 6.07 Å². The zero-order valence-corrected chi connectivity index (χ0v) is 19.4. The van der Waals surface area contributed by atoms with E-state index in [1.165, 1.54) is 24.4 Å². The summed E-state index contributed by atoms with van der Waals surface area (Å²) in [6, 6.07) is 6.91. The number of nitrogens with one attached hydrogen (secondary N) is 1. The average molecular weight is 488 g/mol. The molecule has 0 saturated carbocycles. The number of aryl methyl sites for hydroxylation is 1.